The molecule has 0 aliphatic carbocycles. The van der Waals surface area contributed by atoms with Crippen molar-refractivity contribution >= 4 is 55.6 Å². The molecule has 0 amide bonds. The monoisotopic (exact) mass is 934 g/mol. The molecule has 2 aromatic heterocycles. The number of aromatic nitrogens is 3. The predicted octanol–water partition coefficient (Wildman–Crippen LogP) is 18.8. The summed E-state index contributed by atoms with van der Waals surface area (Å²) in [5.41, 5.74) is 20.7. The van der Waals surface area contributed by atoms with Crippen molar-refractivity contribution in [3.63, 3.8) is 0 Å². The summed E-state index contributed by atoms with van der Waals surface area (Å²) in [6, 6.07) is 88.4. The van der Waals surface area contributed by atoms with Crippen LogP contribution in [-0.4, -0.2) is 14.5 Å². The van der Waals surface area contributed by atoms with Gasteiger partial charge in [0.25, 0.3) is 0 Å². The molecular formula is C69H50N4. The molecule has 0 fully saturated rings. The molecule has 10 aromatic carbocycles. The molecule has 0 unspecified atom stereocenters. The minimum atomic E-state index is 0.809. The summed E-state index contributed by atoms with van der Waals surface area (Å²) in [6.45, 7) is 6.01. The first kappa shape index (κ1) is 44.6. The van der Waals surface area contributed by atoms with Crippen LogP contribution in [0.2, 0.25) is 0 Å². The highest BCUT2D eigenvalue weighted by molar-refractivity contribution is 6.12. The molecule has 4 heteroatoms. The van der Waals surface area contributed by atoms with Gasteiger partial charge in [-0.15, -0.1) is 0 Å². The number of benzene rings is 10. The van der Waals surface area contributed by atoms with Crippen LogP contribution >= 0.6 is 0 Å². The highest BCUT2D eigenvalue weighted by atomic mass is 15.1. The highest BCUT2D eigenvalue weighted by Crippen LogP contribution is 2.45. The molecule has 0 saturated carbocycles. The summed E-state index contributed by atoms with van der Waals surface area (Å²) in [5.74, 6) is 0. The molecule has 4 nitrogen and oxygen atoms in total. The van der Waals surface area contributed by atoms with Gasteiger partial charge in [-0.2, -0.15) is 0 Å². The third-order valence-corrected chi connectivity index (χ3v) is 13.7. The van der Waals surface area contributed by atoms with Crippen LogP contribution < -0.4 is 4.90 Å². The van der Waals surface area contributed by atoms with Crippen molar-refractivity contribution in [2.75, 3.05) is 4.90 Å². The zero-order valence-corrected chi connectivity index (χ0v) is 40.5. The zero-order valence-electron chi connectivity index (χ0n) is 40.5. The van der Waals surface area contributed by atoms with Crippen LogP contribution in [0.5, 0.6) is 0 Å². The number of anilines is 3. The van der Waals surface area contributed by atoms with E-state index in [-0.39, 0.29) is 0 Å². The van der Waals surface area contributed by atoms with Crippen molar-refractivity contribution in [1.82, 2.24) is 14.5 Å². The number of para-hydroxylation sites is 2. The number of fused-ring (bicyclic) bond motifs is 4. The van der Waals surface area contributed by atoms with Gasteiger partial charge in [0, 0.05) is 55.8 Å². The Kier molecular flexibility index (Phi) is 12.0. The Morgan fingerprint density at radius 2 is 0.822 bits per heavy atom. The molecule has 12 rings (SSSR count). The summed E-state index contributed by atoms with van der Waals surface area (Å²) in [4.78, 5) is 13.9. The summed E-state index contributed by atoms with van der Waals surface area (Å²) < 4.78 is 2.34. The first-order valence-corrected chi connectivity index (χ1v) is 24.8. The van der Waals surface area contributed by atoms with E-state index >= 15 is 0 Å². The highest BCUT2D eigenvalue weighted by Gasteiger charge is 2.23. The minimum Gasteiger partial charge on any atom is -0.313 e. The Hall–Kier alpha value is -9.64. The molecule has 0 N–H and O–H groups in total. The molecule has 0 bridgehead atoms. The fourth-order valence-corrected chi connectivity index (χ4v) is 10.4. The van der Waals surface area contributed by atoms with Crippen LogP contribution in [-0.2, 0) is 0 Å². The van der Waals surface area contributed by atoms with E-state index < -0.39 is 0 Å². The molecule has 2 heterocycles. The van der Waals surface area contributed by atoms with Crippen molar-refractivity contribution in [3.8, 4) is 67.0 Å². The van der Waals surface area contributed by atoms with E-state index in [0.29, 0.717) is 0 Å². The normalized spacial score (nSPS) is 11.7. The molecule has 0 radical (unpaired) electrons. The molecule has 73 heavy (non-hydrogen) atoms. The lowest BCUT2D eigenvalue weighted by Gasteiger charge is -2.26. The number of rotatable bonds is 12. The zero-order chi connectivity index (χ0) is 49.1. The Bertz CT molecular complexity index is 4020. The number of nitrogens with zero attached hydrogens (tertiary/aromatic N) is 4. The van der Waals surface area contributed by atoms with Gasteiger partial charge in [0.15, 0.2) is 0 Å². The second kappa shape index (κ2) is 19.6. The Morgan fingerprint density at radius 1 is 0.384 bits per heavy atom. The fourth-order valence-electron chi connectivity index (χ4n) is 10.4. The second-order valence-corrected chi connectivity index (χ2v) is 18.2. The van der Waals surface area contributed by atoms with Crippen molar-refractivity contribution in [2.24, 2.45) is 0 Å². The summed E-state index contributed by atoms with van der Waals surface area (Å²) >= 11 is 0. The topological polar surface area (TPSA) is 34.0 Å². The second-order valence-electron chi connectivity index (χ2n) is 18.2. The van der Waals surface area contributed by atoms with Crippen molar-refractivity contribution in [1.29, 1.82) is 0 Å². The van der Waals surface area contributed by atoms with Gasteiger partial charge in [-0.05, 0) is 94.9 Å². The summed E-state index contributed by atoms with van der Waals surface area (Å²) in [7, 11) is 0. The number of allylic oxidation sites excluding steroid dienone is 5. The van der Waals surface area contributed by atoms with Gasteiger partial charge in [-0.1, -0.05) is 225 Å². The lowest BCUT2D eigenvalue weighted by molar-refractivity contribution is 1.20. The molecular weight excluding hydrogens is 885 g/mol. The van der Waals surface area contributed by atoms with Gasteiger partial charge in [0.05, 0.1) is 33.5 Å². The van der Waals surface area contributed by atoms with Crippen LogP contribution in [0.3, 0.4) is 0 Å². The largest absolute Gasteiger partial charge is 0.313 e. The fraction of sp³-hybridized carbons (Fsp3) is 0.0145. The van der Waals surface area contributed by atoms with Crippen LogP contribution in [0.15, 0.2) is 280 Å². The molecule has 0 atom stereocenters. The molecule has 346 valence electrons. The van der Waals surface area contributed by atoms with Gasteiger partial charge in [0.2, 0.25) is 0 Å². The van der Waals surface area contributed by atoms with Gasteiger partial charge >= 0.3 is 0 Å². The van der Waals surface area contributed by atoms with Gasteiger partial charge in [-0.3, -0.25) is 0 Å². The predicted molar refractivity (Wildman–Crippen MR) is 309 cm³/mol. The van der Waals surface area contributed by atoms with E-state index in [9.17, 15) is 0 Å². The van der Waals surface area contributed by atoms with Crippen LogP contribution in [0.25, 0.3) is 106 Å². The summed E-state index contributed by atoms with van der Waals surface area (Å²) in [6.07, 6.45) is 7.94. The van der Waals surface area contributed by atoms with Crippen LogP contribution in [0.1, 0.15) is 6.92 Å². The standard InChI is InChI=1S/C69H50N4/c1-3-4-9-24-48(2)72-64-38-23-22-37-60(64)63-47-55(43-46-65(63)72)73(53-31-16-8-17-32-53)54-41-39-52(40-42-54)67-66(51-29-14-7-15-30-51)70-68-61(58-35-20-18-33-56(58)49-25-10-5-11-26-49)44-45-62(69(68)71-67)59-36-21-19-34-57(59)50-27-12-6-13-28-50/h3-47H,1H2,2H3/b9-4-,48-24+. The Balaban J connectivity index is 1.06. The molecule has 0 aliphatic rings. The molecule has 0 aliphatic heterocycles. The number of hydrogen-bond donors (Lipinski definition) is 0. The average molecular weight is 935 g/mol. The number of hydrogen-bond acceptors (Lipinski definition) is 3. The van der Waals surface area contributed by atoms with Crippen molar-refractivity contribution in [3.05, 3.63) is 280 Å². The first-order valence-electron chi connectivity index (χ1n) is 24.8. The molecule has 0 saturated heterocycles. The van der Waals surface area contributed by atoms with E-state index in [1.807, 2.05) is 12.2 Å². The molecule has 0 spiro atoms. The van der Waals surface area contributed by atoms with Crippen LogP contribution in [0.4, 0.5) is 17.1 Å². The van der Waals surface area contributed by atoms with Gasteiger partial charge in [-0.25, -0.2) is 9.97 Å². The van der Waals surface area contributed by atoms with E-state index in [4.69, 9.17) is 9.97 Å². The first-order chi connectivity index (χ1) is 36.1. The quantitative estimate of drug-likeness (QED) is 0.114. The van der Waals surface area contributed by atoms with E-state index in [1.54, 1.807) is 6.08 Å². The smallest absolute Gasteiger partial charge is 0.0979 e. The minimum absolute atomic E-state index is 0.809. The van der Waals surface area contributed by atoms with Gasteiger partial charge in [0.1, 0.15) is 0 Å². The lowest BCUT2D eigenvalue weighted by atomic mass is 9.89. The van der Waals surface area contributed by atoms with Crippen molar-refractivity contribution in [2.45, 2.75) is 6.92 Å². The van der Waals surface area contributed by atoms with E-state index in [0.717, 1.165) is 112 Å². The third-order valence-electron chi connectivity index (χ3n) is 13.7. The van der Waals surface area contributed by atoms with Crippen molar-refractivity contribution < 1.29 is 0 Å². The lowest BCUT2D eigenvalue weighted by Crippen LogP contribution is -2.09. The maximum Gasteiger partial charge on any atom is 0.0979 e. The Labute approximate surface area is 426 Å². The van der Waals surface area contributed by atoms with E-state index in [2.05, 4.69) is 278 Å². The Morgan fingerprint density at radius 3 is 1.38 bits per heavy atom. The maximum atomic E-state index is 5.82. The average Bonchev–Trinajstić information content (AvgIpc) is 3.79. The van der Waals surface area contributed by atoms with Gasteiger partial charge < -0.3 is 9.47 Å². The van der Waals surface area contributed by atoms with Crippen LogP contribution in [0, 0.1) is 0 Å². The van der Waals surface area contributed by atoms with E-state index in [1.165, 1.54) is 10.8 Å². The maximum absolute atomic E-state index is 5.82. The molecule has 12 aromatic rings. The SMILES string of the molecule is C=C/C=C\C=C(/C)n1c2ccccc2c2cc(N(c3ccccc3)c3ccc(-c4nc5c(-c6ccccc6-c6ccccc6)ccc(-c6ccccc6-c6ccccc6)c5nc4-c4ccccc4)cc3)ccc21. The third kappa shape index (κ3) is 8.41. The summed E-state index contributed by atoms with van der Waals surface area (Å²) in [5, 5.41) is 2.38.